The maximum Gasteiger partial charge on any atom is 0.481 e. The van der Waals surface area contributed by atoms with E-state index in [2.05, 4.69) is 10.3 Å². The van der Waals surface area contributed by atoms with E-state index in [1.54, 1.807) is 12.1 Å². The number of rotatable bonds is 7. The molecule has 0 radical (unpaired) electrons. The molecule has 1 aliphatic rings. The largest absolute Gasteiger partial charge is 0.481 e. The number of hydrogen-bond donors (Lipinski definition) is 3. The van der Waals surface area contributed by atoms with Gasteiger partial charge >= 0.3 is 7.12 Å². The third-order valence-electron chi connectivity index (χ3n) is 4.92. The topological polar surface area (TPSA) is 112 Å². The summed E-state index contributed by atoms with van der Waals surface area (Å²) in [6, 6.07) is 9.08. The van der Waals surface area contributed by atoms with E-state index in [9.17, 15) is 4.79 Å². The van der Waals surface area contributed by atoms with Crippen molar-refractivity contribution in [2.24, 2.45) is 16.5 Å². The fraction of sp³-hybridized carbons (Fsp3) is 0.556. The van der Waals surface area contributed by atoms with Crippen LogP contribution in [0.4, 0.5) is 0 Å². The molecule has 1 heterocycles. The van der Waals surface area contributed by atoms with Crippen LogP contribution >= 0.6 is 0 Å². The number of hydrogen-bond acceptors (Lipinski definition) is 4. The smallest absolute Gasteiger partial charge is 0.402 e. The van der Waals surface area contributed by atoms with Crippen LogP contribution in [0.2, 0.25) is 0 Å². The molecule has 1 aromatic rings. The summed E-state index contributed by atoms with van der Waals surface area (Å²) < 4.78 is 12.2. The first-order valence-corrected chi connectivity index (χ1v) is 8.89. The van der Waals surface area contributed by atoms with Crippen molar-refractivity contribution in [3.05, 3.63) is 35.9 Å². The van der Waals surface area contributed by atoms with E-state index >= 15 is 0 Å². The SMILES string of the molecule is CC1(C)OB([C@H](CCCN=C(N)N)NC(=O)c2ccccc2)OC1(C)C. The molecule has 7 nitrogen and oxygen atoms in total. The van der Waals surface area contributed by atoms with Crippen molar-refractivity contribution in [1.82, 2.24) is 5.32 Å². The molecule has 2 rings (SSSR count). The van der Waals surface area contributed by atoms with E-state index in [1.807, 2.05) is 45.9 Å². The minimum atomic E-state index is -0.535. The predicted molar refractivity (Wildman–Crippen MR) is 104 cm³/mol. The van der Waals surface area contributed by atoms with E-state index < -0.39 is 18.3 Å². The second kappa shape index (κ2) is 8.10. The Morgan fingerprint density at radius 2 is 1.73 bits per heavy atom. The van der Waals surface area contributed by atoms with Crippen molar-refractivity contribution < 1.29 is 14.1 Å². The van der Waals surface area contributed by atoms with E-state index in [0.717, 1.165) is 0 Å². The van der Waals surface area contributed by atoms with E-state index in [-0.39, 0.29) is 17.8 Å². The van der Waals surface area contributed by atoms with Gasteiger partial charge in [-0.1, -0.05) is 18.2 Å². The van der Waals surface area contributed by atoms with E-state index in [4.69, 9.17) is 20.8 Å². The summed E-state index contributed by atoms with van der Waals surface area (Å²) >= 11 is 0. The van der Waals surface area contributed by atoms with Gasteiger partial charge < -0.3 is 26.1 Å². The number of benzene rings is 1. The fourth-order valence-corrected chi connectivity index (χ4v) is 2.69. The molecule has 0 spiro atoms. The summed E-state index contributed by atoms with van der Waals surface area (Å²) in [7, 11) is -0.535. The molecule has 0 saturated carbocycles. The van der Waals surface area contributed by atoms with Gasteiger partial charge in [0.2, 0.25) is 0 Å². The first-order chi connectivity index (χ1) is 12.1. The van der Waals surface area contributed by atoms with Gasteiger partial charge in [0.1, 0.15) is 0 Å². The molecule has 5 N–H and O–H groups in total. The summed E-state index contributed by atoms with van der Waals surface area (Å²) in [5, 5.41) is 3.04. The highest BCUT2D eigenvalue weighted by Gasteiger charge is 2.53. The van der Waals surface area contributed by atoms with Gasteiger partial charge in [-0.15, -0.1) is 0 Å². The summed E-state index contributed by atoms with van der Waals surface area (Å²) in [5.41, 5.74) is 10.4. The highest BCUT2D eigenvalue weighted by atomic mass is 16.7. The molecule has 0 unspecified atom stereocenters. The van der Waals surface area contributed by atoms with E-state index in [1.165, 1.54) is 0 Å². The standard InChI is InChI=1S/C18H29BN4O3/c1-17(2)18(3,4)26-19(25-17)14(11-8-12-22-16(20)21)23-15(24)13-9-6-5-7-10-13/h5-7,9-10,14H,8,11-12H2,1-4H3,(H,23,24)(H4,20,21,22)/t14-/m0/s1. The zero-order chi connectivity index (χ0) is 19.4. The Balaban J connectivity index is 2.09. The van der Waals surface area contributed by atoms with Crippen LogP contribution in [-0.4, -0.2) is 42.7 Å². The lowest BCUT2D eigenvalue weighted by Gasteiger charge is -2.32. The third kappa shape index (κ3) is 4.99. The van der Waals surface area contributed by atoms with Crippen molar-refractivity contribution in [2.45, 2.75) is 57.7 Å². The van der Waals surface area contributed by atoms with Crippen LogP contribution in [0.1, 0.15) is 50.9 Å². The zero-order valence-corrected chi connectivity index (χ0v) is 16.0. The van der Waals surface area contributed by atoms with Gasteiger partial charge in [-0.2, -0.15) is 0 Å². The zero-order valence-electron chi connectivity index (χ0n) is 16.0. The van der Waals surface area contributed by atoms with Crippen molar-refractivity contribution in [1.29, 1.82) is 0 Å². The molecular weight excluding hydrogens is 331 g/mol. The Labute approximate surface area is 155 Å². The van der Waals surface area contributed by atoms with Crippen LogP contribution in [0, 0.1) is 0 Å². The lowest BCUT2D eigenvalue weighted by atomic mass is 9.75. The monoisotopic (exact) mass is 360 g/mol. The van der Waals surface area contributed by atoms with Crippen LogP contribution in [0.25, 0.3) is 0 Å². The van der Waals surface area contributed by atoms with Crippen LogP contribution < -0.4 is 16.8 Å². The Morgan fingerprint density at radius 1 is 1.15 bits per heavy atom. The summed E-state index contributed by atoms with van der Waals surface area (Å²) in [6.45, 7) is 8.44. The van der Waals surface area contributed by atoms with E-state index in [0.29, 0.717) is 24.9 Å². The highest BCUT2D eigenvalue weighted by molar-refractivity contribution is 6.48. The summed E-state index contributed by atoms with van der Waals surface area (Å²) in [6.07, 6.45) is 1.33. The Hall–Kier alpha value is -2.06. The van der Waals surface area contributed by atoms with Crippen LogP contribution in [0.15, 0.2) is 35.3 Å². The molecule has 1 saturated heterocycles. The van der Waals surface area contributed by atoms with Crippen molar-refractivity contribution in [3.63, 3.8) is 0 Å². The normalized spacial score (nSPS) is 19.0. The third-order valence-corrected chi connectivity index (χ3v) is 4.92. The van der Waals surface area contributed by atoms with Gasteiger partial charge in [0, 0.05) is 12.1 Å². The number of carbonyl (C=O) groups excluding carboxylic acids is 1. The maximum absolute atomic E-state index is 12.6. The number of carbonyl (C=O) groups is 1. The van der Waals surface area contributed by atoms with Gasteiger partial charge in [0.25, 0.3) is 5.91 Å². The molecule has 1 fully saturated rings. The number of amides is 1. The minimum Gasteiger partial charge on any atom is -0.402 e. The van der Waals surface area contributed by atoms with Gasteiger partial charge in [-0.05, 0) is 52.7 Å². The average Bonchev–Trinajstić information content (AvgIpc) is 2.78. The molecule has 142 valence electrons. The summed E-state index contributed by atoms with van der Waals surface area (Å²) in [4.78, 5) is 16.6. The van der Waals surface area contributed by atoms with Crippen LogP contribution in [-0.2, 0) is 9.31 Å². The minimum absolute atomic E-state index is 0.0607. The van der Waals surface area contributed by atoms with Gasteiger partial charge in [0.15, 0.2) is 5.96 Å². The molecule has 1 aliphatic heterocycles. The Morgan fingerprint density at radius 3 is 2.27 bits per heavy atom. The predicted octanol–water partition coefficient (Wildman–Crippen LogP) is 1.47. The number of nitrogens with two attached hydrogens (primary N) is 2. The quantitative estimate of drug-likeness (QED) is 0.295. The highest BCUT2D eigenvalue weighted by Crippen LogP contribution is 2.38. The average molecular weight is 360 g/mol. The van der Waals surface area contributed by atoms with Gasteiger partial charge in [-0.3, -0.25) is 9.79 Å². The molecule has 8 heteroatoms. The van der Waals surface area contributed by atoms with Crippen molar-refractivity contribution >= 4 is 19.0 Å². The maximum atomic E-state index is 12.6. The van der Waals surface area contributed by atoms with Crippen molar-refractivity contribution in [3.8, 4) is 0 Å². The van der Waals surface area contributed by atoms with Crippen LogP contribution in [0.5, 0.6) is 0 Å². The van der Waals surface area contributed by atoms with Gasteiger partial charge in [0.05, 0.1) is 17.1 Å². The van der Waals surface area contributed by atoms with Crippen molar-refractivity contribution in [2.75, 3.05) is 6.54 Å². The lowest BCUT2D eigenvalue weighted by Crippen LogP contribution is -2.48. The lowest BCUT2D eigenvalue weighted by molar-refractivity contribution is 0.00578. The fourth-order valence-electron chi connectivity index (χ4n) is 2.69. The molecular formula is C18H29BN4O3. The summed E-state index contributed by atoms with van der Waals surface area (Å²) in [5.74, 6) is -0.407. The molecule has 0 aliphatic carbocycles. The molecule has 1 amide bonds. The number of nitrogens with zero attached hydrogens (tertiary/aromatic N) is 1. The Bertz CT molecular complexity index is 629. The molecule has 1 atom stereocenters. The van der Waals surface area contributed by atoms with Crippen LogP contribution in [0.3, 0.4) is 0 Å². The number of nitrogens with one attached hydrogen (secondary N) is 1. The number of aliphatic imine (C=N–C) groups is 1. The second-order valence-electron chi connectivity index (χ2n) is 7.52. The first kappa shape index (κ1) is 20.3. The number of guanidine groups is 1. The second-order valence-corrected chi connectivity index (χ2v) is 7.52. The molecule has 0 aromatic heterocycles. The Kier molecular flexibility index (Phi) is 6.31. The first-order valence-electron chi connectivity index (χ1n) is 8.89. The molecule has 0 bridgehead atoms. The molecule has 1 aromatic carbocycles. The van der Waals surface area contributed by atoms with Gasteiger partial charge in [-0.25, -0.2) is 0 Å². The molecule has 26 heavy (non-hydrogen) atoms.